The van der Waals surface area contributed by atoms with Gasteiger partial charge in [-0.1, -0.05) is 15.9 Å². The molecule has 39 heavy (non-hydrogen) atoms. The van der Waals surface area contributed by atoms with E-state index in [0.717, 1.165) is 24.3 Å². The number of anilines is 1. The first-order chi connectivity index (χ1) is 17.9. The number of rotatable bonds is 6. The number of halogens is 5. The van der Waals surface area contributed by atoms with Gasteiger partial charge in [-0.3, -0.25) is 5.32 Å². The van der Waals surface area contributed by atoms with Gasteiger partial charge in [-0.05, 0) is 85.6 Å². The van der Waals surface area contributed by atoms with Crippen LogP contribution in [0.3, 0.4) is 0 Å². The van der Waals surface area contributed by atoms with Crippen molar-refractivity contribution in [3.8, 4) is 0 Å². The molecule has 0 radical (unpaired) electrons. The molecule has 9 nitrogen and oxygen atoms in total. The van der Waals surface area contributed by atoms with Crippen LogP contribution in [0.5, 0.6) is 0 Å². The molecule has 0 bridgehead atoms. The molecule has 1 heterocycles. The van der Waals surface area contributed by atoms with Crippen LogP contribution in [0.25, 0.3) is 0 Å². The third kappa shape index (κ3) is 8.82. The minimum atomic E-state index is -4.52. The largest absolute Gasteiger partial charge is 0.447 e. The summed E-state index contributed by atoms with van der Waals surface area (Å²) in [6.45, 7) is 4.66. The number of alkyl halides is 3. The quantitative estimate of drug-likeness (QED) is 0.375. The molecular weight excluding hydrogens is 675 g/mol. The zero-order valence-corrected chi connectivity index (χ0v) is 25.0. The topological polar surface area (TPSA) is 114 Å². The Morgan fingerprint density at radius 2 is 1.72 bits per heavy atom. The lowest BCUT2D eigenvalue weighted by molar-refractivity contribution is -0.137. The minimum Gasteiger partial charge on any atom is -0.447 e. The van der Waals surface area contributed by atoms with Crippen molar-refractivity contribution in [2.45, 2.75) is 55.9 Å². The van der Waals surface area contributed by atoms with Gasteiger partial charge in [0.15, 0.2) is 0 Å². The number of sulfonamides is 1. The van der Waals surface area contributed by atoms with Crippen LogP contribution in [0.2, 0.25) is 0 Å². The second-order valence-electron chi connectivity index (χ2n) is 9.71. The molecule has 2 atom stereocenters. The summed E-state index contributed by atoms with van der Waals surface area (Å²) in [4.78, 5) is 26.4. The number of carbonyl (C=O) groups is 2. The van der Waals surface area contributed by atoms with Crippen LogP contribution >= 0.6 is 31.9 Å². The summed E-state index contributed by atoms with van der Waals surface area (Å²) in [7, 11) is -4.00. The van der Waals surface area contributed by atoms with E-state index in [2.05, 4.69) is 41.9 Å². The molecule has 1 aliphatic heterocycles. The van der Waals surface area contributed by atoms with Crippen LogP contribution in [-0.4, -0.2) is 56.3 Å². The zero-order valence-electron chi connectivity index (χ0n) is 21.0. The number of hydrogen-bond donors (Lipinski definition) is 2. The Labute approximate surface area is 240 Å². The summed E-state index contributed by atoms with van der Waals surface area (Å²) in [5.74, 6) is 0. The molecule has 0 saturated carbocycles. The molecule has 1 saturated heterocycles. The van der Waals surface area contributed by atoms with Crippen LogP contribution in [0, 0.1) is 0 Å². The smallest absolute Gasteiger partial charge is 0.416 e. The van der Waals surface area contributed by atoms with E-state index in [4.69, 9.17) is 9.47 Å². The number of likely N-dealkylation sites (tertiary alicyclic amines) is 1. The van der Waals surface area contributed by atoms with Crippen molar-refractivity contribution in [1.82, 2.24) is 9.62 Å². The molecule has 2 N–H and O–H groups in total. The first kappa shape index (κ1) is 31.2. The number of carbonyl (C=O) groups excluding carboxylic acids is 2. The predicted octanol–water partition coefficient (Wildman–Crippen LogP) is 6.14. The van der Waals surface area contributed by atoms with Gasteiger partial charge in [-0.25, -0.2) is 22.7 Å². The molecule has 2 amide bonds. The van der Waals surface area contributed by atoms with Crippen molar-refractivity contribution in [2.75, 3.05) is 18.5 Å². The highest BCUT2D eigenvalue weighted by atomic mass is 79.9. The van der Waals surface area contributed by atoms with E-state index in [9.17, 15) is 31.2 Å². The predicted molar refractivity (Wildman–Crippen MR) is 144 cm³/mol. The average Bonchev–Trinajstić information content (AvgIpc) is 3.20. The summed E-state index contributed by atoms with van der Waals surface area (Å²) >= 11 is 6.48. The van der Waals surface area contributed by atoms with E-state index >= 15 is 0 Å². The highest BCUT2D eigenvalue weighted by Crippen LogP contribution is 2.30. The zero-order chi connectivity index (χ0) is 29.2. The van der Waals surface area contributed by atoms with Crippen molar-refractivity contribution >= 4 is 59.8 Å². The van der Waals surface area contributed by atoms with Crippen LogP contribution in [0.1, 0.15) is 32.8 Å². The number of benzene rings is 2. The number of amides is 2. The Bertz CT molecular complexity index is 1320. The fraction of sp³-hybridized carbons (Fsp3) is 0.417. The highest BCUT2D eigenvalue weighted by molar-refractivity contribution is 9.11. The molecule has 1 fully saturated rings. The third-order valence-corrected chi connectivity index (χ3v) is 8.42. The van der Waals surface area contributed by atoms with Gasteiger partial charge in [0, 0.05) is 27.2 Å². The van der Waals surface area contributed by atoms with Crippen molar-refractivity contribution in [2.24, 2.45) is 0 Å². The fourth-order valence-electron chi connectivity index (χ4n) is 3.74. The summed E-state index contributed by atoms with van der Waals surface area (Å²) < 4.78 is 78.5. The maximum atomic E-state index is 13.1. The van der Waals surface area contributed by atoms with Crippen molar-refractivity contribution in [3.63, 3.8) is 0 Å². The maximum Gasteiger partial charge on any atom is 0.416 e. The van der Waals surface area contributed by atoms with Crippen molar-refractivity contribution in [1.29, 1.82) is 0 Å². The van der Waals surface area contributed by atoms with E-state index in [-0.39, 0.29) is 30.2 Å². The first-order valence-corrected chi connectivity index (χ1v) is 14.6. The summed E-state index contributed by atoms with van der Waals surface area (Å²) in [5.41, 5.74) is -1.63. The second kappa shape index (κ2) is 12.0. The van der Waals surface area contributed by atoms with Gasteiger partial charge in [0.1, 0.15) is 12.2 Å². The molecule has 214 valence electrons. The molecule has 0 aromatic heterocycles. The van der Waals surface area contributed by atoms with Gasteiger partial charge >= 0.3 is 18.4 Å². The van der Waals surface area contributed by atoms with Crippen molar-refractivity contribution in [3.05, 3.63) is 57.0 Å². The molecule has 2 aromatic carbocycles. The molecule has 3 rings (SSSR count). The molecule has 0 unspecified atom stereocenters. The van der Waals surface area contributed by atoms with E-state index in [1.54, 1.807) is 32.9 Å². The van der Waals surface area contributed by atoms with Gasteiger partial charge < -0.3 is 14.4 Å². The monoisotopic (exact) mass is 699 g/mol. The van der Waals surface area contributed by atoms with Gasteiger partial charge in [0.05, 0.1) is 16.5 Å². The summed E-state index contributed by atoms with van der Waals surface area (Å²) in [6, 6.07) is 7.01. The summed E-state index contributed by atoms with van der Waals surface area (Å²) in [6.07, 6.45) is -6.08. The molecule has 2 aromatic rings. The number of ether oxygens (including phenoxy) is 2. The number of nitrogens with one attached hydrogen (secondary N) is 2. The van der Waals surface area contributed by atoms with E-state index in [1.807, 2.05) is 0 Å². The SMILES string of the molecule is CC(C)(C)OC(=O)N1C[C@H](NS(=O)(=O)c2cc(Br)ccc2Br)C[C@@H]1COC(=O)Nc1ccc(C(F)(F)F)cc1. The van der Waals surface area contributed by atoms with Crippen LogP contribution < -0.4 is 10.0 Å². The third-order valence-electron chi connectivity index (χ3n) is 5.41. The first-order valence-electron chi connectivity index (χ1n) is 11.5. The van der Waals surface area contributed by atoms with Gasteiger partial charge in [0.25, 0.3) is 0 Å². The van der Waals surface area contributed by atoms with Crippen LogP contribution in [-0.2, 0) is 25.7 Å². The minimum absolute atomic E-state index is 0.00341. The fourth-order valence-corrected chi connectivity index (χ4v) is 6.48. The van der Waals surface area contributed by atoms with Gasteiger partial charge in [0.2, 0.25) is 10.0 Å². The van der Waals surface area contributed by atoms with Crippen LogP contribution in [0.4, 0.5) is 28.4 Å². The molecule has 15 heteroatoms. The average molecular weight is 701 g/mol. The lowest BCUT2D eigenvalue weighted by Gasteiger charge is -2.28. The number of hydrogen-bond acceptors (Lipinski definition) is 6. The van der Waals surface area contributed by atoms with E-state index in [1.165, 1.54) is 11.0 Å². The Kier molecular flexibility index (Phi) is 9.61. The lowest BCUT2D eigenvalue weighted by Crippen LogP contribution is -2.43. The number of nitrogens with zero attached hydrogens (tertiary/aromatic N) is 1. The highest BCUT2D eigenvalue weighted by Gasteiger charge is 2.40. The van der Waals surface area contributed by atoms with Gasteiger partial charge in [-0.15, -0.1) is 0 Å². The van der Waals surface area contributed by atoms with Crippen LogP contribution in [0.15, 0.2) is 56.3 Å². The Morgan fingerprint density at radius 3 is 2.31 bits per heavy atom. The Hall–Kier alpha value is -2.36. The molecule has 0 spiro atoms. The maximum absolute atomic E-state index is 13.1. The normalized spacial score (nSPS) is 18.1. The second-order valence-corrected chi connectivity index (χ2v) is 13.2. The lowest BCUT2D eigenvalue weighted by atomic mass is 10.2. The standard InChI is InChI=1S/C24H26Br2F3N3O6S/c1-23(2,3)38-22(34)32-12-17(31-39(35,36)20-10-15(25)6-9-19(20)26)11-18(32)13-37-21(33)30-16-7-4-14(5-8-16)24(27,28)29/h4-10,17-18,31H,11-13H2,1-3H3,(H,30,33)/t17-,18-/m1/s1. The van der Waals surface area contributed by atoms with Gasteiger partial charge in [-0.2, -0.15) is 13.2 Å². The summed E-state index contributed by atoms with van der Waals surface area (Å²) in [5, 5.41) is 2.32. The van der Waals surface area contributed by atoms with E-state index in [0.29, 0.717) is 8.95 Å². The van der Waals surface area contributed by atoms with Crippen molar-refractivity contribution < 1.29 is 40.7 Å². The molecular formula is C24H26Br2F3N3O6S. The molecule has 1 aliphatic rings. The molecule has 0 aliphatic carbocycles. The Morgan fingerprint density at radius 1 is 1.08 bits per heavy atom. The Balaban J connectivity index is 1.70. The van der Waals surface area contributed by atoms with E-state index < -0.39 is 51.6 Å².